The van der Waals surface area contributed by atoms with E-state index in [9.17, 15) is 22.4 Å². The Hall–Kier alpha value is -1.59. The fraction of sp³-hybridized carbons (Fsp3) is 0.667. The molecule has 2 nitrogen and oxygen atoms in total. The predicted octanol–water partition coefficient (Wildman–Crippen LogP) is 7.31. The summed E-state index contributed by atoms with van der Waals surface area (Å²) in [4.78, 5) is 12.0. The second kappa shape index (κ2) is 12.0. The van der Waals surface area contributed by atoms with Crippen LogP contribution in [0.25, 0.3) is 0 Å². The van der Waals surface area contributed by atoms with Crippen molar-refractivity contribution in [2.24, 2.45) is 0 Å². The van der Waals surface area contributed by atoms with Crippen LogP contribution in [0.2, 0.25) is 0 Å². The lowest BCUT2D eigenvalue weighted by Crippen LogP contribution is -2.18. The van der Waals surface area contributed by atoms with E-state index in [-0.39, 0.29) is 0 Å². The van der Waals surface area contributed by atoms with E-state index in [1.807, 2.05) is 0 Å². The van der Waals surface area contributed by atoms with Gasteiger partial charge in [0.1, 0.15) is 5.82 Å². The van der Waals surface area contributed by atoms with Gasteiger partial charge in [0, 0.05) is 0 Å². The van der Waals surface area contributed by atoms with Crippen LogP contribution in [0.15, 0.2) is 18.2 Å². The molecule has 0 saturated carbocycles. The second-order valence-corrected chi connectivity index (χ2v) is 7.00. The van der Waals surface area contributed by atoms with Gasteiger partial charge in [-0.15, -0.1) is 0 Å². The van der Waals surface area contributed by atoms with Crippen LogP contribution in [0.3, 0.4) is 0 Å². The number of esters is 1. The van der Waals surface area contributed by atoms with Crippen molar-refractivity contribution in [1.82, 2.24) is 0 Å². The number of carbonyl (C=O) groups is 1. The highest BCUT2D eigenvalue weighted by Crippen LogP contribution is 2.32. The van der Waals surface area contributed by atoms with Gasteiger partial charge in [-0.3, -0.25) is 0 Å². The van der Waals surface area contributed by atoms with E-state index in [4.69, 9.17) is 4.74 Å². The van der Waals surface area contributed by atoms with Gasteiger partial charge in [-0.1, -0.05) is 64.4 Å². The minimum Gasteiger partial charge on any atom is -0.459 e. The third kappa shape index (κ3) is 8.76. The summed E-state index contributed by atoms with van der Waals surface area (Å²) in [7, 11) is 0. The normalized spacial score (nSPS) is 12.8. The standard InChI is InChI=1S/C21H30F4O2/c1-3-4-5-6-7-8-9-10-11-13-16(2)27-20(26)17-14-12-15-18(19(17)22)21(23,24)25/h12,14-16H,3-11,13H2,1-2H3. The molecule has 1 atom stereocenters. The van der Waals surface area contributed by atoms with Crippen molar-refractivity contribution >= 4 is 5.97 Å². The van der Waals surface area contributed by atoms with Gasteiger partial charge < -0.3 is 4.74 Å². The number of hydrogen-bond acceptors (Lipinski definition) is 2. The molecule has 0 bridgehead atoms. The molecule has 0 spiro atoms. The minimum atomic E-state index is -4.84. The van der Waals surface area contributed by atoms with Gasteiger partial charge in [-0.2, -0.15) is 13.2 Å². The number of hydrogen-bond donors (Lipinski definition) is 0. The van der Waals surface area contributed by atoms with Crippen molar-refractivity contribution in [1.29, 1.82) is 0 Å². The predicted molar refractivity (Wildman–Crippen MR) is 98.1 cm³/mol. The van der Waals surface area contributed by atoms with Crippen LogP contribution >= 0.6 is 0 Å². The molecular formula is C21H30F4O2. The summed E-state index contributed by atoms with van der Waals surface area (Å²) in [6, 6.07) is 2.63. The molecule has 154 valence electrons. The number of ether oxygens (including phenoxy) is 1. The van der Waals surface area contributed by atoms with Crippen molar-refractivity contribution in [2.75, 3.05) is 0 Å². The first kappa shape index (κ1) is 23.4. The molecule has 1 unspecified atom stereocenters. The molecule has 1 aromatic carbocycles. The van der Waals surface area contributed by atoms with Crippen molar-refractivity contribution in [3.8, 4) is 0 Å². The molecule has 0 aromatic heterocycles. The van der Waals surface area contributed by atoms with Gasteiger partial charge >= 0.3 is 12.1 Å². The molecule has 0 N–H and O–H groups in total. The maximum Gasteiger partial charge on any atom is 0.419 e. The van der Waals surface area contributed by atoms with Gasteiger partial charge in [0.25, 0.3) is 0 Å². The number of halogens is 4. The zero-order valence-electron chi connectivity index (χ0n) is 16.2. The van der Waals surface area contributed by atoms with Gasteiger partial charge in [0.15, 0.2) is 0 Å². The first-order valence-corrected chi connectivity index (χ1v) is 9.84. The molecule has 6 heteroatoms. The van der Waals surface area contributed by atoms with Crippen molar-refractivity contribution in [2.45, 2.75) is 90.3 Å². The number of unbranched alkanes of at least 4 members (excludes halogenated alkanes) is 8. The monoisotopic (exact) mass is 390 g/mol. The molecule has 1 rings (SSSR count). The molecule has 27 heavy (non-hydrogen) atoms. The van der Waals surface area contributed by atoms with Gasteiger partial charge in [0.2, 0.25) is 0 Å². The van der Waals surface area contributed by atoms with E-state index in [2.05, 4.69) is 6.92 Å². The number of rotatable bonds is 12. The fourth-order valence-corrected chi connectivity index (χ4v) is 2.96. The molecule has 1 aromatic rings. The summed E-state index contributed by atoms with van der Waals surface area (Å²) >= 11 is 0. The van der Waals surface area contributed by atoms with Crippen LogP contribution in [0.5, 0.6) is 0 Å². The van der Waals surface area contributed by atoms with Crippen LogP contribution in [-0.2, 0) is 10.9 Å². The van der Waals surface area contributed by atoms with E-state index in [0.717, 1.165) is 31.4 Å². The molecule has 0 saturated heterocycles. The first-order chi connectivity index (χ1) is 12.8. The third-order valence-electron chi connectivity index (χ3n) is 4.55. The van der Waals surface area contributed by atoms with E-state index < -0.39 is 35.2 Å². The van der Waals surface area contributed by atoms with Crippen LogP contribution in [-0.4, -0.2) is 12.1 Å². The average molecular weight is 390 g/mol. The van der Waals surface area contributed by atoms with Crippen molar-refractivity contribution < 1.29 is 27.1 Å². The number of alkyl halides is 3. The minimum absolute atomic E-state index is 0.462. The molecule has 0 aliphatic carbocycles. The Balaban J connectivity index is 2.33. The summed E-state index contributed by atoms with van der Waals surface area (Å²) < 4.78 is 57.2. The third-order valence-corrected chi connectivity index (χ3v) is 4.55. The smallest absolute Gasteiger partial charge is 0.419 e. The van der Waals surface area contributed by atoms with Gasteiger partial charge in [-0.05, 0) is 31.9 Å². The Labute approximate surface area is 159 Å². The SMILES string of the molecule is CCCCCCCCCCCC(C)OC(=O)c1cccc(C(F)(F)F)c1F. The van der Waals surface area contributed by atoms with Crippen molar-refractivity contribution in [3.05, 3.63) is 35.1 Å². The quantitative estimate of drug-likeness (QED) is 0.212. The molecule has 0 heterocycles. The molecule has 0 radical (unpaired) electrons. The summed E-state index contributed by atoms with van der Waals surface area (Å²) in [5, 5.41) is 0. The Morgan fingerprint density at radius 2 is 1.56 bits per heavy atom. The maximum atomic E-state index is 14.0. The molecule has 0 amide bonds. The highest BCUT2D eigenvalue weighted by molar-refractivity contribution is 5.90. The second-order valence-electron chi connectivity index (χ2n) is 7.00. The van der Waals surface area contributed by atoms with Gasteiger partial charge in [-0.25, -0.2) is 9.18 Å². The lowest BCUT2D eigenvalue weighted by atomic mass is 10.1. The largest absolute Gasteiger partial charge is 0.459 e. The molecule has 0 fully saturated rings. The number of carbonyl (C=O) groups excluding carboxylic acids is 1. The zero-order chi connectivity index (χ0) is 20.3. The highest BCUT2D eigenvalue weighted by Gasteiger charge is 2.36. The highest BCUT2D eigenvalue weighted by atomic mass is 19.4. The molecular weight excluding hydrogens is 360 g/mol. The van der Waals surface area contributed by atoms with E-state index in [1.54, 1.807) is 6.92 Å². The maximum absolute atomic E-state index is 14.0. The van der Waals surface area contributed by atoms with Crippen LogP contribution in [0.4, 0.5) is 17.6 Å². The average Bonchev–Trinajstić information content (AvgIpc) is 2.59. The molecule has 0 aliphatic rings. The fourth-order valence-electron chi connectivity index (χ4n) is 2.96. The van der Waals surface area contributed by atoms with E-state index >= 15 is 0 Å². The summed E-state index contributed by atoms with van der Waals surface area (Å²) in [5.74, 6) is -2.63. The Morgan fingerprint density at radius 3 is 2.11 bits per heavy atom. The molecule has 0 aliphatic heterocycles. The summed E-state index contributed by atoms with van der Waals surface area (Å²) in [6.45, 7) is 3.86. The Kier molecular flexibility index (Phi) is 10.4. The lowest BCUT2D eigenvalue weighted by Gasteiger charge is -2.15. The van der Waals surface area contributed by atoms with Crippen LogP contribution in [0.1, 0.15) is 94.0 Å². The van der Waals surface area contributed by atoms with Gasteiger partial charge in [0.05, 0.1) is 17.2 Å². The Bertz CT molecular complexity index is 570. The van der Waals surface area contributed by atoms with Crippen LogP contribution < -0.4 is 0 Å². The van der Waals surface area contributed by atoms with Crippen LogP contribution in [0, 0.1) is 5.82 Å². The first-order valence-electron chi connectivity index (χ1n) is 9.84. The zero-order valence-corrected chi connectivity index (χ0v) is 16.2. The van der Waals surface area contributed by atoms with E-state index in [1.165, 1.54) is 38.5 Å². The Morgan fingerprint density at radius 1 is 1.00 bits per heavy atom. The summed E-state index contributed by atoms with van der Waals surface area (Å²) in [6.07, 6.45) is 5.82. The van der Waals surface area contributed by atoms with Crippen molar-refractivity contribution in [3.63, 3.8) is 0 Å². The van der Waals surface area contributed by atoms with E-state index in [0.29, 0.717) is 12.5 Å². The lowest BCUT2D eigenvalue weighted by molar-refractivity contribution is -0.140. The topological polar surface area (TPSA) is 26.3 Å². The number of benzene rings is 1. The summed E-state index contributed by atoms with van der Waals surface area (Å²) in [5.41, 5.74) is -2.13.